The molecule has 2 aliphatic rings. The number of rotatable bonds is 11. The van der Waals surface area contributed by atoms with Crippen molar-refractivity contribution in [1.82, 2.24) is 45.4 Å². The van der Waals surface area contributed by atoms with Gasteiger partial charge < -0.3 is 26.3 Å². The number of amides is 4. The third-order valence-corrected chi connectivity index (χ3v) is 10.3. The zero-order chi connectivity index (χ0) is 33.2. The van der Waals surface area contributed by atoms with E-state index in [0.29, 0.717) is 15.5 Å². The number of anilines is 1. The fourth-order valence-electron chi connectivity index (χ4n) is 4.65. The van der Waals surface area contributed by atoms with Crippen molar-refractivity contribution in [3.8, 4) is 5.95 Å². The molecular weight excluding hydrogens is 698 g/mol. The molecule has 0 aliphatic carbocycles. The zero-order valence-electron chi connectivity index (χ0n) is 24.6. The van der Waals surface area contributed by atoms with E-state index in [2.05, 4.69) is 41.1 Å². The van der Waals surface area contributed by atoms with E-state index >= 15 is 0 Å². The maximum atomic E-state index is 13.1. The van der Waals surface area contributed by atoms with E-state index in [1.807, 2.05) is 0 Å². The summed E-state index contributed by atoms with van der Waals surface area (Å²) in [5.74, 6) is -3.92. The number of carboxylic acid groups (broad SMARTS) is 1. The van der Waals surface area contributed by atoms with Crippen LogP contribution in [0.25, 0.3) is 5.95 Å². The largest absolute Gasteiger partial charge is 1.00 e. The number of hydrogen-bond acceptors (Lipinski definition) is 15. The number of hydrogen-bond donors (Lipinski definition) is 4. The minimum absolute atomic E-state index is 0. The van der Waals surface area contributed by atoms with E-state index in [0.717, 1.165) is 28.0 Å². The van der Waals surface area contributed by atoms with Gasteiger partial charge in [-0.3, -0.25) is 33.9 Å². The van der Waals surface area contributed by atoms with Crippen LogP contribution in [-0.2, 0) is 20.8 Å². The number of aromatic amines is 1. The van der Waals surface area contributed by atoms with Gasteiger partial charge in [0, 0.05) is 29.6 Å². The summed E-state index contributed by atoms with van der Waals surface area (Å²) >= 11 is 3.38. The summed E-state index contributed by atoms with van der Waals surface area (Å²) in [4.78, 5) is 78.4. The maximum absolute atomic E-state index is 13.1. The second kappa shape index (κ2) is 14.8. The predicted molar refractivity (Wildman–Crippen MR) is 164 cm³/mol. The third kappa shape index (κ3) is 7.19. The van der Waals surface area contributed by atoms with Crippen molar-refractivity contribution >= 4 is 70.1 Å². The van der Waals surface area contributed by atoms with Crippen LogP contribution in [0.4, 0.5) is 5.69 Å². The summed E-state index contributed by atoms with van der Waals surface area (Å²) in [5, 5.41) is 35.6. The second-order valence-corrected chi connectivity index (χ2v) is 13.1. The quantitative estimate of drug-likeness (QED) is 0.0646. The molecule has 6 rings (SSSR count). The molecule has 48 heavy (non-hydrogen) atoms. The second-order valence-electron chi connectivity index (χ2n) is 9.79. The summed E-state index contributed by atoms with van der Waals surface area (Å²) in [6.07, 6.45) is 2.76. The Bertz CT molecular complexity index is 2020. The van der Waals surface area contributed by atoms with Gasteiger partial charge in [-0.25, -0.2) is 4.68 Å². The van der Waals surface area contributed by atoms with Crippen LogP contribution in [0.15, 0.2) is 63.1 Å². The molecule has 1 saturated heterocycles. The van der Waals surface area contributed by atoms with Crippen molar-refractivity contribution < 1.29 is 58.6 Å². The van der Waals surface area contributed by atoms with Crippen molar-refractivity contribution in [2.45, 2.75) is 22.2 Å². The predicted octanol–water partition coefficient (Wildman–Crippen LogP) is -4.70. The van der Waals surface area contributed by atoms with E-state index in [9.17, 15) is 33.9 Å². The first kappa shape index (κ1) is 34.9. The number of para-hydroxylation sites is 1. The molecule has 0 saturated carbocycles. The normalized spacial score (nSPS) is 16.8. The van der Waals surface area contributed by atoms with Crippen molar-refractivity contribution in [1.29, 1.82) is 0 Å². The number of carboxylic acids is 1. The Morgan fingerprint density at radius 2 is 1.90 bits per heavy atom. The first-order valence-corrected chi connectivity index (χ1v) is 16.3. The van der Waals surface area contributed by atoms with Crippen molar-refractivity contribution in [3.63, 3.8) is 0 Å². The summed E-state index contributed by atoms with van der Waals surface area (Å²) < 4.78 is 1.66. The standard InChI is InChI=1S/C26H21N11O7S3.Na/c27-18(39)21-33-35-26(47-21)46-10-12-9-45-23-16(22(42)37(23)17(12)24(43)44)30-14(38)8-11-4-1-2-5-13(11)29-19(40)15-20(41)31-25(34-32-15)36-7-3-6-28-36;/h1-7,16,23H,8-10H2,(H2,27,39)(H,29,40)(H,30,38)(H,43,44)(H,31,34,41);/q;+1/p-1/t16?,23-;/m1./s1. The topological polar surface area (TPSA) is 264 Å². The Labute approximate surface area is 303 Å². The molecule has 18 nitrogen and oxygen atoms in total. The monoisotopic (exact) mass is 717 g/mol. The van der Waals surface area contributed by atoms with Gasteiger partial charge in [0.1, 0.15) is 11.4 Å². The molecule has 5 N–H and O–H groups in total. The van der Waals surface area contributed by atoms with Gasteiger partial charge in [0.05, 0.1) is 18.1 Å². The Morgan fingerprint density at radius 3 is 2.58 bits per heavy atom. The van der Waals surface area contributed by atoms with Crippen LogP contribution < -0.4 is 56.6 Å². The van der Waals surface area contributed by atoms with Gasteiger partial charge in [0.15, 0.2) is 4.34 Å². The molecule has 1 aromatic carbocycles. The third-order valence-electron chi connectivity index (χ3n) is 6.78. The molecule has 2 atom stereocenters. The van der Waals surface area contributed by atoms with Crippen LogP contribution in [0, 0.1) is 0 Å². The summed E-state index contributed by atoms with van der Waals surface area (Å²) in [6, 6.07) is 6.99. The molecular formula is C26H20N11NaO7S3. The van der Waals surface area contributed by atoms with E-state index in [4.69, 9.17) is 5.73 Å². The van der Waals surface area contributed by atoms with E-state index < -0.39 is 52.3 Å². The van der Waals surface area contributed by atoms with Crippen LogP contribution in [-0.4, -0.2) is 92.6 Å². The Kier molecular flexibility index (Phi) is 10.8. The van der Waals surface area contributed by atoms with Gasteiger partial charge in [-0.05, 0) is 23.3 Å². The van der Waals surface area contributed by atoms with E-state index in [-0.39, 0.29) is 69.8 Å². The molecule has 3 aromatic heterocycles. The van der Waals surface area contributed by atoms with E-state index in [1.54, 1.807) is 24.3 Å². The van der Waals surface area contributed by atoms with E-state index in [1.165, 1.54) is 34.9 Å². The number of nitrogens with zero attached hydrogens (tertiary/aromatic N) is 7. The minimum atomic E-state index is -1.54. The molecule has 22 heteroatoms. The Morgan fingerprint density at radius 1 is 1.10 bits per heavy atom. The molecule has 0 bridgehead atoms. The number of fused-ring (bicyclic) bond motifs is 1. The van der Waals surface area contributed by atoms with Crippen molar-refractivity contribution in [3.05, 3.63) is 80.6 Å². The SMILES string of the molecule is NC(=O)c1nnc(SCC2=C(C(=O)[O-])N3C(=O)C(NC(=O)Cc4ccccc4NC(=O)c4nnc(-n5cccn5)[nH]c4=O)[C@H]3SC2)s1.[Na+]. The Balaban J connectivity index is 0.00000451. The molecule has 5 heterocycles. The van der Waals surface area contributed by atoms with Crippen LogP contribution >= 0.6 is 34.9 Å². The number of β-lactam (4-membered cyclic amide) rings is 1. The average Bonchev–Trinajstić information content (AvgIpc) is 3.76. The van der Waals surface area contributed by atoms with Gasteiger partial charge in [-0.15, -0.1) is 32.2 Å². The van der Waals surface area contributed by atoms with Crippen LogP contribution in [0.2, 0.25) is 0 Å². The molecule has 0 spiro atoms. The van der Waals surface area contributed by atoms with Crippen LogP contribution in [0.1, 0.15) is 25.9 Å². The Hall–Kier alpha value is -4.41. The fourth-order valence-corrected chi connectivity index (χ4v) is 7.84. The number of H-pyrrole nitrogens is 1. The van der Waals surface area contributed by atoms with Crippen molar-refractivity contribution in [2.24, 2.45) is 5.73 Å². The molecule has 240 valence electrons. The number of carbonyl (C=O) groups is 5. The molecule has 4 aromatic rings. The van der Waals surface area contributed by atoms with Crippen LogP contribution in [0.3, 0.4) is 0 Å². The van der Waals surface area contributed by atoms with Crippen molar-refractivity contribution in [2.75, 3.05) is 16.8 Å². The molecule has 0 radical (unpaired) electrons. The fraction of sp³-hybridized carbons (Fsp3) is 0.192. The molecule has 1 unspecified atom stereocenters. The van der Waals surface area contributed by atoms with Gasteiger partial charge >= 0.3 is 29.6 Å². The number of carbonyl (C=O) groups excluding carboxylic acids is 5. The number of nitrogens with one attached hydrogen (secondary N) is 3. The van der Waals surface area contributed by atoms with Gasteiger partial charge in [0.2, 0.25) is 16.6 Å². The first-order chi connectivity index (χ1) is 22.6. The molecule has 2 aliphatic heterocycles. The van der Waals surface area contributed by atoms with Gasteiger partial charge in [-0.1, -0.05) is 41.3 Å². The molecule has 1 fully saturated rings. The first-order valence-electron chi connectivity index (χ1n) is 13.4. The smallest absolute Gasteiger partial charge is 0.543 e. The van der Waals surface area contributed by atoms with Crippen LogP contribution in [0.5, 0.6) is 0 Å². The number of benzene rings is 1. The number of aromatic nitrogens is 7. The zero-order valence-corrected chi connectivity index (χ0v) is 29.1. The average molecular weight is 718 g/mol. The molecule has 4 amide bonds. The minimum Gasteiger partial charge on any atom is -0.543 e. The van der Waals surface area contributed by atoms with Gasteiger partial charge in [-0.2, -0.15) is 5.10 Å². The van der Waals surface area contributed by atoms with Gasteiger partial charge in [0.25, 0.3) is 29.2 Å². The summed E-state index contributed by atoms with van der Waals surface area (Å²) in [7, 11) is 0. The summed E-state index contributed by atoms with van der Waals surface area (Å²) in [5.41, 5.74) is 4.61. The number of aliphatic carboxylic acids is 1. The number of nitrogens with two attached hydrogens (primary N) is 1. The summed E-state index contributed by atoms with van der Waals surface area (Å²) in [6.45, 7) is 0. The maximum Gasteiger partial charge on any atom is 1.00 e. The number of primary amides is 1. The number of thioether (sulfide) groups is 2.